The predicted octanol–water partition coefficient (Wildman–Crippen LogP) is 21.7. The minimum absolute atomic E-state index is 0.0634. The van der Waals surface area contributed by atoms with Crippen LogP contribution >= 0.6 is 0 Å². The Kier molecular flexibility index (Phi) is 61.2. The molecule has 0 bridgehead atoms. The Morgan fingerprint density at radius 2 is 0.611 bits per heavy atom. The molecule has 2 unspecified atom stereocenters. The zero-order valence-electron chi connectivity index (χ0n) is 48.4. The third-order valence-corrected chi connectivity index (χ3v) is 14.7. The van der Waals surface area contributed by atoms with Crippen molar-refractivity contribution in [3.8, 4) is 0 Å². The Bertz CT molecular complexity index is 1230. The highest BCUT2D eigenvalue weighted by molar-refractivity contribution is 5.76. The molecule has 0 radical (unpaired) electrons. The van der Waals surface area contributed by atoms with Gasteiger partial charge in [0, 0.05) is 6.42 Å². The van der Waals surface area contributed by atoms with Gasteiger partial charge in [-0.1, -0.05) is 337 Å². The highest BCUT2D eigenvalue weighted by atomic mass is 16.3. The molecule has 0 saturated carbocycles. The predicted molar refractivity (Wildman–Crippen MR) is 322 cm³/mol. The van der Waals surface area contributed by atoms with Crippen molar-refractivity contribution in [3.05, 3.63) is 72.9 Å². The molecule has 0 aliphatic heterocycles. The van der Waals surface area contributed by atoms with Crippen LogP contribution in [0.1, 0.15) is 335 Å². The van der Waals surface area contributed by atoms with E-state index in [1.54, 1.807) is 6.08 Å². The topological polar surface area (TPSA) is 69.6 Å². The summed E-state index contributed by atoms with van der Waals surface area (Å²) in [6, 6.07) is -0.628. The van der Waals surface area contributed by atoms with Gasteiger partial charge in [0.2, 0.25) is 5.91 Å². The Labute approximate surface area is 450 Å². The van der Waals surface area contributed by atoms with E-state index >= 15 is 0 Å². The number of carbonyl (C=O) groups excluding carboxylic acids is 1. The zero-order chi connectivity index (χ0) is 52.0. The monoisotopic (exact) mass is 1000 g/mol. The average molecular weight is 1000 g/mol. The van der Waals surface area contributed by atoms with E-state index < -0.39 is 12.1 Å². The summed E-state index contributed by atoms with van der Waals surface area (Å²) >= 11 is 0. The van der Waals surface area contributed by atoms with E-state index in [9.17, 15) is 15.0 Å². The molecule has 0 heterocycles. The summed E-state index contributed by atoms with van der Waals surface area (Å²) in [5.41, 5.74) is 0. The molecular formula is C68H125NO3. The summed E-state index contributed by atoms with van der Waals surface area (Å²) in [6.45, 7) is 4.23. The summed E-state index contributed by atoms with van der Waals surface area (Å²) in [6.07, 6.45) is 91.0. The number of aliphatic hydroxyl groups is 2. The lowest BCUT2D eigenvalue weighted by Crippen LogP contribution is -2.45. The molecule has 4 nitrogen and oxygen atoms in total. The number of aliphatic hydroxyl groups excluding tert-OH is 2. The fourth-order valence-corrected chi connectivity index (χ4v) is 9.86. The van der Waals surface area contributed by atoms with Gasteiger partial charge < -0.3 is 15.5 Å². The van der Waals surface area contributed by atoms with Crippen LogP contribution in [-0.4, -0.2) is 34.9 Å². The summed E-state index contributed by atoms with van der Waals surface area (Å²) in [7, 11) is 0. The number of carbonyl (C=O) groups is 1. The summed E-state index contributed by atoms with van der Waals surface area (Å²) in [4.78, 5) is 12.5. The molecule has 0 rings (SSSR count). The van der Waals surface area contributed by atoms with Crippen molar-refractivity contribution >= 4 is 5.91 Å². The van der Waals surface area contributed by atoms with E-state index in [4.69, 9.17) is 0 Å². The van der Waals surface area contributed by atoms with Crippen molar-refractivity contribution in [2.24, 2.45) is 0 Å². The lowest BCUT2D eigenvalue weighted by Gasteiger charge is -2.20. The highest BCUT2D eigenvalue weighted by Gasteiger charge is 2.18. The molecule has 4 heteroatoms. The number of rotatable bonds is 59. The van der Waals surface area contributed by atoms with Crippen molar-refractivity contribution in [3.63, 3.8) is 0 Å². The Balaban J connectivity index is 3.47. The molecule has 0 aromatic rings. The molecule has 0 fully saturated rings. The second-order valence-corrected chi connectivity index (χ2v) is 21.8. The van der Waals surface area contributed by atoms with Gasteiger partial charge >= 0.3 is 0 Å². The summed E-state index contributed by atoms with van der Waals surface area (Å²) in [5, 5.41) is 23.3. The standard InChI is InChI=1S/C68H125NO3/c1-3-5-7-9-11-13-15-17-19-21-23-25-27-29-31-33-34-36-37-39-41-43-45-47-49-51-53-55-57-59-61-63-67(71)66(65-70)69-68(72)64-62-60-58-56-54-52-50-48-46-44-42-40-38-35-32-30-28-26-24-22-20-18-16-14-12-10-8-6-4-2/h6,8,12,14,18,20,24,26,30,32,61,63,66-67,70-71H,3-5,7,9-11,13,15-17,19,21-23,25,27-29,31,33-60,62,64-65H2,1-2H3,(H,69,72)/b8-6-,14-12-,20-18-,26-24-,32-30-,63-61+. The molecule has 72 heavy (non-hydrogen) atoms. The van der Waals surface area contributed by atoms with Gasteiger partial charge in [-0.05, 0) is 64.2 Å². The van der Waals surface area contributed by atoms with Crippen molar-refractivity contribution < 1.29 is 15.0 Å². The first-order valence-corrected chi connectivity index (χ1v) is 32.2. The van der Waals surface area contributed by atoms with E-state index in [2.05, 4.69) is 79.9 Å². The largest absolute Gasteiger partial charge is 0.394 e. The first kappa shape index (κ1) is 69.8. The smallest absolute Gasteiger partial charge is 0.220 e. The molecule has 2 atom stereocenters. The lowest BCUT2D eigenvalue weighted by molar-refractivity contribution is -0.123. The molecule has 420 valence electrons. The van der Waals surface area contributed by atoms with Crippen molar-refractivity contribution in [2.45, 2.75) is 347 Å². The van der Waals surface area contributed by atoms with Crippen LogP contribution in [-0.2, 0) is 4.79 Å². The Morgan fingerprint density at radius 1 is 0.347 bits per heavy atom. The van der Waals surface area contributed by atoms with Crippen LogP contribution in [0.15, 0.2) is 72.9 Å². The molecule has 3 N–H and O–H groups in total. The van der Waals surface area contributed by atoms with E-state index in [-0.39, 0.29) is 12.5 Å². The Morgan fingerprint density at radius 3 is 0.917 bits per heavy atom. The summed E-state index contributed by atoms with van der Waals surface area (Å²) in [5.74, 6) is -0.0634. The van der Waals surface area contributed by atoms with Crippen LogP contribution in [0.2, 0.25) is 0 Å². The van der Waals surface area contributed by atoms with Crippen LogP contribution in [0, 0.1) is 0 Å². The normalized spacial score (nSPS) is 13.2. The molecule has 0 aromatic carbocycles. The number of allylic oxidation sites excluding steroid dienone is 11. The van der Waals surface area contributed by atoms with Gasteiger partial charge in [-0.2, -0.15) is 0 Å². The highest BCUT2D eigenvalue weighted by Crippen LogP contribution is 2.18. The number of nitrogens with one attached hydrogen (secondary N) is 1. The van der Waals surface area contributed by atoms with Crippen LogP contribution in [0.5, 0.6) is 0 Å². The van der Waals surface area contributed by atoms with Gasteiger partial charge in [0.25, 0.3) is 0 Å². The van der Waals surface area contributed by atoms with Crippen LogP contribution < -0.4 is 5.32 Å². The van der Waals surface area contributed by atoms with Gasteiger partial charge in [0.05, 0.1) is 18.8 Å². The average Bonchev–Trinajstić information content (AvgIpc) is 3.39. The summed E-state index contributed by atoms with van der Waals surface area (Å²) < 4.78 is 0. The lowest BCUT2D eigenvalue weighted by atomic mass is 10.0. The Hall–Kier alpha value is -2.17. The molecule has 1 amide bonds. The van der Waals surface area contributed by atoms with E-state index in [1.165, 1.54) is 257 Å². The van der Waals surface area contributed by atoms with Gasteiger partial charge in [0.15, 0.2) is 0 Å². The molecule has 0 aromatic heterocycles. The number of amides is 1. The second kappa shape index (κ2) is 63.1. The van der Waals surface area contributed by atoms with Gasteiger partial charge in [-0.3, -0.25) is 4.79 Å². The maximum absolute atomic E-state index is 12.5. The number of hydrogen-bond acceptors (Lipinski definition) is 3. The van der Waals surface area contributed by atoms with Crippen molar-refractivity contribution in [1.82, 2.24) is 5.32 Å². The first-order chi connectivity index (χ1) is 35.7. The molecule has 0 spiro atoms. The fourth-order valence-electron chi connectivity index (χ4n) is 9.86. The van der Waals surface area contributed by atoms with E-state index in [0.29, 0.717) is 6.42 Å². The first-order valence-electron chi connectivity index (χ1n) is 32.2. The number of unbranched alkanes of at least 4 members (excludes halogenated alkanes) is 42. The van der Waals surface area contributed by atoms with Crippen molar-refractivity contribution in [1.29, 1.82) is 0 Å². The fraction of sp³-hybridized carbons (Fsp3) is 0.809. The van der Waals surface area contributed by atoms with Crippen LogP contribution in [0.3, 0.4) is 0 Å². The maximum Gasteiger partial charge on any atom is 0.220 e. The van der Waals surface area contributed by atoms with E-state index in [1.807, 2.05) is 6.08 Å². The van der Waals surface area contributed by atoms with Crippen LogP contribution in [0.25, 0.3) is 0 Å². The van der Waals surface area contributed by atoms with Gasteiger partial charge in [0.1, 0.15) is 0 Å². The minimum atomic E-state index is -0.845. The maximum atomic E-state index is 12.5. The SMILES string of the molecule is CC/C=C\C/C=C\C/C=C\C/C=C\C/C=C\CCCCCCCCCCCCCCCC(=O)NC(CO)C(O)/C=C/CCCCCCCCCCCCCCCCCCCCCCCCCCCCCCC. The van der Waals surface area contributed by atoms with Crippen molar-refractivity contribution in [2.75, 3.05) is 6.61 Å². The minimum Gasteiger partial charge on any atom is -0.394 e. The third kappa shape index (κ3) is 58.7. The van der Waals surface area contributed by atoms with Gasteiger partial charge in [-0.25, -0.2) is 0 Å². The third-order valence-electron chi connectivity index (χ3n) is 14.7. The van der Waals surface area contributed by atoms with Crippen LogP contribution in [0.4, 0.5) is 0 Å². The molecule has 0 saturated heterocycles. The second-order valence-electron chi connectivity index (χ2n) is 21.8. The van der Waals surface area contributed by atoms with Gasteiger partial charge in [-0.15, -0.1) is 0 Å². The van der Waals surface area contributed by atoms with E-state index in [0.717, 1.165) is 57.8 Å². The molecule has 0 aliphatic rings. The quantitative estimate of drug-likeness (QED) is 0.0420. The molecule has 0 aliphatic carbocycles. The number of hydrogen-bond donors (Lipinski definition) is 3. The zero-order valence-corrected chi connectivity index (χ0v) is 48.4. The molecular weight excluding hydrogens is 879 g/mol.